The van der Waals surface area contributed by atoms with E-state index in [1.807, 2.05) is 18.3 Å². The van der Waals surface area contributed by atoms with Crippen molar-refractivity contribution in [1.29, 1.82) is 0 Å². The van der Waals surface area contributed by atoms with Gasteiger partial charge in [0.05, 0.1) is 23.5 Å². The maximum atomic E-state index is 5.75. The molecule has 4 N–H and O–H groups in total. The van der Waals surface area contributed by atoms with Crippen LogP contribution in [-0.4, -0.2) is 28.0 Å². The molecule has 0 unspecified atom stereocenters. The normalized spacial score (nSPS) is 13.8. The topological polar surface area (TPSA) is 88.8 Å². The van der Waals surface area contributed by atoms with E-state index >= 15 is 0 Å². The molecule has 2 aromatic heterocycles. The summed E-state index contributed by atoms with van der Waals surface area (Å²) in [6, 6.07) is 3.80. The summed E-state index contributed by atoms with van der Waals surface area (Å²) in [7, 11) is 0. The van der Waals surface area contributed by atoms with E-state index in [0.29, 0.717) is 24.3 Å². The quantitative estimate of drug-likeness (QED) is 0.508. The van der Waals surface area contributed by atoms with Crippen LogP contribution in [0.5, 0.6) is 0 Å². The molecule has 0 radical (unpaired) electrons. The highest BCUT2D eigenvalue weighted by Gasteiger charge is 2.27. The first-order valence-corrected chi connectivity index (χ1v) is 8.42. The average Bonchev–Trinajstić information content (AvgIpc) is 3.41. The van der Waals surface area contributed by atoms with E-state index in [0.717, 1.165) is 30.2 Å². The summed E-state index contributed by atoms with van der Waals surface area (Å²) in [5, 5.41) is 6.56. The van der Waals surface area contributed by atoms with Gasteiger partial charge in [0, 0.05) is 18.3 Å². The summed E-state index contributed by atoms with van der Waals surface area (Å²) in [5.74, 6) is 2.46. The second-order valence-electron chi connectivity index (χ2n) is 5.64. The molecule has 1 aliphatic rings. The summed E-state index contributed by atoms with van der Waals surface area (Å²) in [6.07, 6.45) is 6.99. The lowest BCUT2D eigenvalue weighted by Crippen LogP contribution is -2.12. The summed E-state index contributed by atoms with van der Waals surface area (Å²) >= 11 is 5.75. The van der Waals surface area contributed by atoms with Crippen LogP contribution in [-0.2, 0) is 5.88 Å². The van der Waals surface area contributed by atoms with Crippen molar-refractivity contribution < 1.29 is 0 Å². The van der Waals surface area contributed by atoms with Crippen molar-refractivity contribution in [3.8, 4) is 0 Å². The Hall–Kier alpha value is -1.92. The van der Waals surface area contributed by atoms with Crippen molar-refractivity contribution in [2.24, 2.45) is 5.73 Å². The van der Waals surface area contributed by atoms with Crippen molar-refractivity contribution in [1.82, 2.24) is 15.0 Å². The first-order valence-electron chi connectivity index (χ1n) is 7.89. The minimum absolute atomic E-state index is 0.405. The van der Waals surface area contributed by atoms with E-state index in [2.05, 4.69) is 25.6 Å². The Balaban J connectivity index is 1.74. The second kappa shape index (κ2) is 7.57. The molecule has 0 saturated heterocycles. The van der Waals surface area contributed by atoms with Gasteiger partial charge in [0.2, 0.25) is 5.95 Å². The molecule has 0 aliphatic heterocycles. The third kappa shape index (κ3) is 4.30. The predicted molar refractivity (Wildman–Crippen MR) is 93.2 cm³/mol. The van der Waals surface area contributed by atoms with Crippen LogP contribution in [0.15, 0.2) is 24.5 Å². The summed E-state index contributed by atoms with van der Waals surface area (Å²) < 4.78 is 0. The van der Waals surface area contributed by atoms with Crippen LogP contribution in [0.25, 0.3) is 0 Å². The molecule has 122 valence electrons. The van der Waals surface area contributed by atoms with Crippen molar-refractivity contribution >= 4 is 29.1 Å². The Kier molecular flexibility index (Phi) is 5.25. The molecule has 2 heterocycles. The average molecular weight is 333 g/mol. The standard InChI is InChI=1S/C16H21ClN6/c17-8-12-4-5-13(9-20-12)22-16-21-10-14(11-2-3-11)15(23-16)19-7-1-6-18/h4-5,9-11H,1-3,6-8,18H2,(H2,19,21,22,23). The minimum atomic E-state index is 0.405. The lowest BCUT2D eigenvalue weighted by atomic mass is 10.2. The highest BCUT2D eigenvalue weighted by molar-refractivity contribution is 6.16. The Bertz CT molecular complexity index is 642. The van der Waals surface area contributed by atoms with Gasteiger partial charge in [-0.1, -0.05) is 0 Å². The van der Waals surface area contributed by atoms with Crippen LogP contribution < -0.4 is 16.4 Å². The number of halogens is 1. The van der Waals surface area contributed by atoms with E-state index in [4.69, 9.17) is 17.3 Å². The van der Waals surface area contributed by atoms with Gasteiger partial charge in [-0.3, -0.25) is 4.98 Å². The molecule has 23 heavy (non-hydrogen) atoms. The van der Waals surface area contributed by atoms with Gasteiger partial charge in [-0.25, -0.2) is 4.98 Å². The van der Waals surface area contributed by atoms with Crippen molar-refractivity contribution in [2.45, 2.75) is 31.1 Å². The number of hydrogen-bond donors (Lipinski definition) is 3. The number of pyridine rings is 1. The molecule has 1 aliphatic carbocycles. The number of nitrogens with two attached hydrogens (primary N) is 1. The number of rotatable bonds is 8. The fourth-order valence-corrected chi connectivity index (χ4v) is 2.46. The maximum Gasteiger partial charge on any atom is 0.229 e. The molecular formula is C16H21ClN6. The number of nitrogens with zero attached hydrogens (tertiary/aromatic N) is 3. The SMILES string of the molecule is NCCCNc1nc(Nc2ccc(CCl)nc2)ncc1C1CC1. The number of anilines is 3. The summed E-state index contributed by atoms with van der Waals surface area (Å²) in [6.45, 7) is 1.49. The van der Waals surface area contributed by atoms with Crippen molar-refractivity contribution in [2.75, 3.05) is 23.7 Å². The van der Waals surface area contributed by atoms with Crippen LogP contribution in [0, 0.1) is 0 Å². The van der Waals surface area contributed by atoms with Crippen molar-refractivity contribution in [3.63, 3.8) is 0 Å². The number of nitrogens with one attached hydrogen (secondary N) is 2. The first kappa shape index (κ1) is 16.0. The third-order valence-electron chi connectivity index (χ3n) is 3.73. The van der Waals surface area contributed by atoms with Crippen molar-refractivity contribution in [3.05, 3.63) is 35.8 Å². The van der Waals surface area contributed by atoms with Crippen LogP contribution >= 0.6 is 11.6 Å². The van der Waals surface area contributed by atoms with Gasteiger partial charge in [0.15, 0.2) is 0 Å². The lowest BCUT2D eigenvalue weighted by Gasteiger charge is -2.12. The van der Waals surface area contributed by atoms with Gasteiger partial charge in [0.1, 0.15) is 5.82 Å². The second-order valence-corrected chi connectivity index (χ2v) is 5.90. The zero-order valence-corrected chi connectivity index (χ0v) is 13.7. The molecule has 7 heteroatoms. The minimum Gasteiger partial charge on any atom is -0.370 e. The van der Waals surface area contributed by atoms with E-state index in [1.165, 1.54) is 18.4 Å². The van der Waals surface area contributed by atoms with Crippen LogP contribution in [0.1, 0.15) is 36.4 Å². The van der Waals surface area contributed by atoms with Gasteiger partial charge in [-0.05, 0) is 43.9 Å². The Morgan fingerprint density at radius 2 is 2.09 bits per heavy atom. The molecule has 3 rings (SSSR count). The molecule has 6 nitrogen and oxygen atoms in total. The highest BCUT2D eigenvalue weighted by atomic mass is 35.5. The van der Waals surface area contributed by atoms with Crippen LogP contribution in [0.4, 0.5) is 17.5 Å². The molecule has 0 atom stereocenters. The molecule has 0 bridgehead atoms. The predicted octanol–water partition coefficient (Wildman–Crippen LogP) is 2.99. The van der Waals surface area contributed by atoms with Crippen LogP contribution in [0.3, 0.4) is 0 Å². The molecule has 1 saturated carbocycles. The van der Waals surface area contributed by atoms with Gasteiger partial charge < -0.3 is 16.4 Å². The Morgan fingerprint density at radius 3 is 2.74 bits per heavy atom. The number of hydrogen-bond acceptors (Lipinski definition) is 6. The fourth-order valence-electron chi connectivity index (χ4n) is 2.30. The largest absolute Gasteiger partial charge is 0.370 e. The van der Waals surface area contributed by atoms with Gasteiger partial charge in [0.25, 0.3) is 0 Å². The molecule has 1 fully saturated rings. The fraction of sp³-hybridized carbons (Fsp3) is 0.438. The molecule has 0 spiro atoms. The Labute approximate surface area is 140 Å². The van der Waals surface area contributed by atoms with Crippen LogP contribution in [0.2, 0.25) is 0 Å². The first-order chi connectivity index (χ1) is 11.3. The molecule has 0 aromatic carbocycles. The van der Waals surface area contributed by atoms with Gasteiger partial charge in [-0.15, -0.1) is 11.6 Å². The van der Waals surface area contributed by atoms with E-state index in [9.17, 15) is 0 Å². The lowest BCUT2D eigenvalue weighted by molar-refractivity contribution is 0.865. The highest BCUT2D eigenvalue weighted by Crippen LogP contribution is 2.42. The molecule has 2 aromatic rings. The van der Waals surface area contributed by atoms with Gasteiger partial charge >= 0.3 is 0 Å². The smallest absolute Gasteiger partial charge is 0.229 e. The van der Waals surface area contributed by atoms with E-state index < -0.39 is 0 Å². The zero-order chi connectivity index (χ0) is 16.1. The number of aromatic nitrogens is 3. The van der Waals surface area contributed by atoms with E-state index in [-0.39, 0.29) is 0 Å². The zero-order valence-electron chi connectivity index (χ0n) is 12.9. The third-order valence-corrected chi connectivity index (χ3v) is 4.00. The maximum absolute atomic E-state index is 5.75. The molecular weight excluding hydrogens is 312 g/mol. The Morgan fingerprint density at radius 1 is 1.22 bits per heavy atom. The summed E-state index contributed by atoms with van der Waals surface area (Å²) in [4.78, 5) is 13.3. The number of alkyl halides is 1. The molecule has 0 amide bonds. The monoisotopic (exact) mass is 332 g/mol. The summed E-state index contributed by atoms with van der Waals surface area (Å²) in [5.41, 5.74) is 8.43. The van der Waals surface area contributed by atoms with Gasteiger partial charge in [-0.2, -0.15) is 4.98 Å². The van der Waals surface area contributed by atoms with E-state index in [1.54, 1.807) is 6.20 Å².